The van der Waals surface area contributed by atoms with E-state index in [1.165, 1.54) is 0 Å². The number of hydrogen-bond acceptors (Lipinski definition) is 2. The summed E-state index contributed by atoms with van der Waals surface area (Å²) in [7, 11) is 1.71. The number of carbonyl (C=O) groups excluding carboxylic acids is 2. The summed E-state index contributed by atoms with van der Waals surface area (Å²) in [5.41, 5.74) is 0. The van der Waals surface area contributed by atoms with Crippen molar-refractivity contribution >= 4 is 11.7 Å². The molecule has 0 bridgehead atoms. The molecular weight excluding hydrogens is 154 g/mol. The maximum Gasteiger partial charge on any atom is 0.230 e. The molecule has 1 rings (SSSR count). The Balaban J connectivity index is 2.63. The molecule has 0 N–H and O–H groups in total. The highest BCUT2D eigenvalue weighted by Crippen LogP contribution is 2.19. The van der Waals surface area contributed by atoms with Crippen LogP contribution in [-0.4, -0.2) is 29.7 Å². The highest BCUT2D eigenvalue weighted by molar-refractivity contribution is 6.07. The van der Waals surface area contributed by atoms with Gasteiger partial charge >= 0.3 is 0 Å². The van der Waals surface area contributed by atoms with E-state index in [0.29, 0.717) is 5.92 Å². The van der Waals surface area contributed by atoms with Gasteiger partial charge in [-0.05, 0) is 12.3 Å². The average Bonchev–Trinajstić information content (AvgIpc) is 2.16. The fourth-order valence-electron chi connectivity index (χ4n) is 1.52. The van der Waals surface area contributed by atoms with Crippen LogP contribution in [0.3, 0.4) is 0 Å². The first-order valence-corrected chi connectivity index (χ1v) is 4.30. The van der Waals surface area contributed by atoms with E-state index < -0.39 is 0 Å². The van der Waals surface area contributed by atoms with E-state index in [-0.39, 0.29) is 24.2 Å². The summed E-state index contributed by atoms with van der Waals surface area (Å²) in [6, 6.07) is -0.155. The van der Waals surface area contributed by atoms with Gasteiger partial charge in [0, 0.05) is 7.05 Å². The molecule has 0 aliphatic carbocycles. The van der Waals surface area contributed by atoms with Crippen LogP contribution in [0.2, 0.25) is 0 Å². The molecule has 1 atom stereocenters. The van der Waals surface area contributed by atoms with Gasteiger partial charge in [0.05, 0.1) is 12.5 Å². The van der Waals surface area contributed by atoms with Crippen LogP contribution < -0.4 is 0 Å². The number of likely N-dealkylation sites (N-methyl/N-ethyl adjacent to an activating group) is 1. The fourth-order valence-corrected chi connectivity index (χ4v) is 1.52. The van der Waals surface area contributed by atoms with Gasteiger partial charge < -0.3 is 4.90 Å². The number of carbonyl (C=O) groups is 2. The lowest BCUT2D eigenvalue weighted by Gasteiger charge is -2.19. The monoisotopic (exact) mass is 169 g/mol. The van der Waals surface area contributed by atoms with Crippen LogP contribution in [0.15, 0.2) is 0 Å². The summed E-state index contributed by atoms with van der Waals surface area (Å²) >= 11 is 0. The Morgan fingerprint density at radius 3 is 2.42 bits per heavy atom. The average molecular weight is 169 g/mol. The molecule has 3 nitrogen and oxygen atoms in total. The highest BCUT2D eigenvalue weighted by atomic mass is 16.2. The molecule has 68 valence electrons. The lowest BCUT2D eigenvalue weighted by molar-refractivity contribution is -0.127. The van der Waals surface area contributed by atoms with Gasteiger partial charge in [-0.25, -0.2) is 0 Å². The molecule has 0 aromatic heterocycles. The van der Waals surface area contributed by atoms with Gasteiger partial charge in [-0.3, -0.25) is 9.59 Å². The van der Waals surface area contributed by atoms with Crippen LogP contribution >= 0.6 is 0 Å². The van der Waals surface area contributed by atoms with Crippen LogP contribution in [0, 0.1) is 5.92 Å². The zero-order valence-corrected chi connectivity index (χ0v) is 7.83. The smallest absolute Gasteiger partial charge is 0.230 e. The first kappa shape index (κ1) is 9.23. The van der Waals surface area contributed by atoms with Crippen molar-refractivity contribution in [2.45, 2.75) is 32.7 Å². The van der Waals surface area contributed by atoms with Gasteiger partial charge in [0.2, 0.25) is 5.91 Å². The minimum absolute atomic E-state index is 0.0364. The third-order valence-corrected chi connectivity index (χ3v) is 2.25. The highest BCUT2D eigenvalue weighted by Gasteiger charge is 2.35. The number of likely N-dealkylation sites (tertiary alicyclic amines) is 1. The van der Waals surface area contributed by atoms with Crippen molar-refractivity contribution in [1.82, 2.24) is 4.90 Å². The minimum atomic E-state index is -0.155. The molecule has 1 heterocycles. The van der Waals surface area contributed by atoms with Gasteiger partial charge in [-0.15, -0.1) is 0 Å². The van der Waals surface area contributed by atoms with Crippen LogP contribution in [0.1, 0.15) is 26.7 Å². The Bertz CT molecular complexity index is 211. The molecule has 0 aromatic carbocycles. The number of amides is 1. The van der Waals surface area contributed by atoms with E-state index in [2.05, 4.69) is 13.8 Å². The first-order valence-electron chi connectivity index (χ1n) is 4.30. The number of nitrogens with zero attached hydrogens (tertiary/aromatic N) is 1. The lowest BCUT2D eigenvalue weighted by atomic mass is 10.0. The van der Waals surface area contributed by atoms with Crippen molar-refractivity contribution in [3.63, 3.8) is 0 Å². The van der Waals surface area contributed by atoms with E-state index in [4.69, 9.17) is 0 Å². The summed E-state index contributed by atoms with van der Waals surface area (Å²) in [4.78, 5) is 23.9. The Morgan fingerprint density at radius 2 is 2.08 bits per heavy atom. The third kappa shape index (κ3) is 1.65. The first-order chi connectivity index (χ1) is 5.52. The van der Waals surface area contributed by atoms with Gasteiger partial charge in [0.25, 0.3) is 0 Å². The Morgan fingerprint density at radius 1 is 1.50 bits per heavy atom. The maximum absolute atomic E-state index is 11.3. The van der Waals surface area contributed by atoms with E-state index in [1.807, 2.05) is 0 Å². The second-order valence-electron chi connectivity index (χ2n) is 3.79. The van der Waals surface area contributed by atoms with Gasteiger partial charge in [-0.1, -0.05) is 13.8 Å². The second-order valence-corrected chi connectivity index (χ2v) is 3.79. The third-order valence-electron chi connectivity index (χ3n) is 2.25. The number of rotatable bonds is 2. The van der Waals surface area contributed by atoms with E-state index in [1.54, 1.807) is 11.9 Å². The topological polar surface area (TPSA) is 37.4 Å². The van der Waals surface area contributed by atoms with Crippen molar-refractivity contribution in [3.8, 4) is 0 Å². The lowest BCUT2D eigenvalue weighted by Crippen LogP contribution is -2.32. The SMILES string of the molecule is CC(C)C[C@H]1C(=O)CC(=O)N1C. The molecule has 1 amide bonds. The van der Waals surface area contributed by atoms with Crippen molar-refractivity contribution in [2.24, 2.45) is 5.92 Å². The Labute approximate surface area is 72.7 Å². The number of ketones is 1. The summed E-state index contributed by atoms with van der Waals surface area (Å²) in [6.45, 7) is 4.12. The summed E-state index contributed by atoms with van der Waals surface area (Å²) < 4.78 is 0. The zero-order chi connectivity index (χ0) is 9.30. The molecule has 1 aliphatic rings. The van der Waals surface area contributed by atoms with Gasteiger partial charge in [0.1, 0.15) is 0 Å². The standard InChI is InChI=1S/C9H15NO2/c1-6(2)4-7-8(11)5-9(12)10(7)3/h6-7H,4-5H2,1-3H3/t7-/m0/s1. The van der Waals surface area contributed by atoms with E-state index >= 15 is 0 Å². The number of hydrogen-bond donors (Lipinski definition) is 0. The molecule has 1 aliphatic heterocycles. The summed E-state index contributed by atoms with van der Waals surface area (Å²) in [5, 5.41) is 0. The predicted octanol–water partition coefficient (Wildman–Crippen LogP) is 0.832. The zero-order valence-electron chi connectivity index (χ0n) is 7.83. The molecule has 3 heteroatoms. The number of Topliss-reactive ketones (excluding diaryl/α,β-unsaturated/α-hetero) is 1. The van der Waals surface area contributed by atoms with Crippen LogP contribution in [0.4, 0.5) is 0 Å². The molecule has 0 spiro atoms. The second kappa shape index (κ2) is 3.25. The summed E-state index contributed by atoms with van der Waals surface area (Å²) in [5.74, 6) is 0.508. The van der Waals surface area contributed by atoms with Gasteiger partial charge in [-0.2, -0.15) is 0 Å². The molecular formula is C9H15NO2. The predicted molar refractivity (Wildman–Crippen MR) is 45.6 cm³/mol. The molecule has 1 fully saturated rings. The molecule has 0 unspecified atom stereocenters. The minimum Gasteiger partial charge on any atom is -0.335 e. The Kier molecular flexibility index (Phi) is 2.50. The van der Waals surface area contributed by atoms with E-state index in [9.17, 15) is 9.59 Å². The molecule has 0 radical (unpaired) electrons. The van der Waals surface area contributed by atoms with Crippen LogP contribution in [0.5, 0.6) is 0 Å². The van der Waals surface area contributed by atoms with Crippen LogP contribution in [-0.2, 0) is 9.59 Å². The molecule has 1 saturated heterocycles. The summed E-state index contributed by atoms with van der Waals surface area (Å²) in [6.07, 6.45) is 0.898. The van der Waals surface area contributed by atoms with Crippen LogP contribution in [0.25, 0.3) is 0 Å². The quantitative estimate of drug-likeness (QED) is 0.574. The van der Waals surface area contributed by atoms with Crippen molar-refractivity contribution in [2.75, 3.05) is 7.05 Å². The van der Waals surface area contributed by atoms with E-state index in [0.717, 1.165) is 6.42 Å². The largest absolute Gasteiger partial charge is 0.335 e. The van der Waals surface area contributed by atoms with Gasteiger partial charge in [0.15, 0.2) is 5.78 Å². The molecule has 0 saturated carbocycles. The molecule has 12 heavy (non-hydrogen) atoms. The van der Waals surface area contributed by atoms with Crippen molar-refractivity contribution < 1.29 is 9.59 Å². The molecule has 0 aromatic rings. The normalized spacial score (nSPS) is 24.3. The Hall–Kier alpha value is -0.860. The van der Waals surface area contributed by atoms with Crippen molar-refractivity contribution in [1.29, 1.82) is 0 Å². The fraction of sp³-hybridized carbons (Fsp3) is 0.778. The van der Waals surface area contributed by atoms with Crippen molar-refractivity contribution in [3.05, 3.63) is 0 Å². The maximum atomic E-state index is 11.3.